The third-order valence-corrected chi connectivity index (χ3v) is 0.767. The molecule has 0 rings (SSSR count). The molecular weight excluding hydrogens is 183 g/mol. The van der Waals surface area contributed by atoms with Crippen LogP contribution in [0.25, 0.3) is 0 Å². The van der Waals surface area contributed by atoms with Gasteiger partial charge in [0.05, 0.1) is 6.61 Å². The van der Waals surface area contributed by atoms with E-state index < -0.39 is 5.24 Å². The average molecular weight is 187 g/mol. The summed E-state index contributed by atoms with van der Waals surface area (Å²) in [5.41, 5.74) is 0. The highest BCUT2D eigenvalue weighted by molar-refractivity contribution is 7.83. The SMILES string of the molecule is O=C(Cl)COCC(=S)Cl. The molecule has 0 aromatic carbocycles. The Labute approximate surface area is 68.1 Å². The van der Waals surface area contributed by atoms with Crippen molar-refractivity contribution < 1.29 is 9.53 Å². The zero-order valence-electron chi connectivity index (χ0n) is 4.39. The maximum atomic E-state index is 9.98. The monoisotopic (exact) mass is 186 g/mol. The molecule has 2 nitrogen and oxygen atoms in total. The lowest BCUT2D eigenvalue weighted by molar-refractivity contribution is -0.115. The normalized spacial score (nSPS) is 9.11. The lowest BCUT2D eigenvalue weighted by atomic mass is 10.8. The van der Waals surface area contributed by atoms with Gasteiger partial charge < -0.3 is 4.74 Å². The molecule has 0 heterocycles. The molecule has 0 aliphatic carbocycles. The zero-order chi connectivity index (χ0) is 7.28. The summed E-state index contributed by atoms with van der Waals surface area (Å²) in [7, 11) is 0. The lowest BCUT2D eigenvalue weighted by Gasteiger charge is -1.94. The van der Waals surface area contributed by atoms with Gasteiger partial charge in [0.25, 0.3) is 0 Å². The molecule has 0 radical (unpaired) electrons. The minimum absolute atomic E-state index is 0.0926. The van der Waals surface area contributed by atoms with E-state index in [1.807, 2.05) is 0 Å². The third-order valence-electron chi connectivity index (χ3n) is 0.431. The Morgan fingerprint density at radius 1 is 1.44 bits per heavy atom. The van der Waals surface area contributed by atoms with E-state index in [0.717, 1.165) is 0 Å². The van der Waals surface area contributed by atoms with Crippen molar-refractivity contribution in [3.63, 3.8) is 0 Å². The van der Waals surface area contributed by atoms with Crippen LogP contribution < -0.4 is 0 Å². The quantitative estimate of drug-likeness (QED) is 0.490. The minimum Gasteiger partial charge on any atom is -0.366 e. The Hall–Kier alpha value is 0.300. The van der Waals surface area contributed by atoms with Crippen molar-refractivity contribution in [2.75, 3.05) is 13.2 Å². The number of hydrogen-bond donors (Lipinski definition) is 0. The number of rotatable bonds is 4. The molecule has 0 fully saturated rings. The zero-order valence-corrected chi connectivity index (χ0v) is 6.72. The van der Waals surface area contributed by atoms with Crippen LogP contribution in [-0.2, 0) is 9.53 Å². The fourth-order valence-corrected chi connectivity index (χ4v) is 0.449. The van der Waals surface area contributed by atoms with Crippen molar-refractivity contribution in [1.82, 2.24) is 0 Å². The van der Waals surface area contributed by atoms with Gasteiger partial charge in [0.1, 0.15) is 10.9 Å². The van der Waals surface area contributed by atoms with Crippen LogP contribution >= 0.6 is 35.4 Å². The third kappa shape index (κ3) is 8.30. The van der Waals surface area contributed by atoms with Gasteiger partial charge in [-0.1, -0.05) is 23.8 Å². The number of halogens is 2. The Morgan fingerprint density at radius 2 is 2.00 bits per heavy atom. The van der Waals surface area contributed by atoms with Crippen LogP contribution in [0.3, 0.4) is 0 Å². The van der Waals surface area contributed by atoms with Gasteiger partial charge in [0.2, 0.25) is 5.24 Å². The van der Waals surface area contributed by atoms with E-state index in [0.29, 0.717) is 0 Å². The first kappa shape index (κ1) is 9.30. The summed E-state index contributed by atoms with van der Waals surface area (Å²) >= 11 is 14.6. The highest BCUT2D eigenvalue weighted by Crippen LogP contribution is 1.88. The maximum Gasteiger partial charge on any atom is 0.247 e. The second-order valence-corrected chi connectivity index (χ2v) is 2.80. The first-order valence-corrected chi connectivity index (χ1v) is 3.23. The van der Waals surface area contributed by atoms with Gasteiger partial charge in [0, 0.05) is 0 Å². The van der Waals surface area contributed by atoms with Crippen molar-refractivity contribution >= 4 is 45.0 Å². The predicted molar refractivity (Wildman–Crippen MR) is 40.1 cm³/mol. The van der Waals surface area contributed by atoms with E-state index in [1.165, 1.54) is 0 Å². The molecule has 52 valence electrons. The van der Waals surface area contributed by atoms with Crippen LogP contribution in [0.2, 0.25) is 0 Å². The molecule has 0 amide bonds. The largest absolute Gasteiger partial charge is 0.366 e. The molecule has 0 aromatic heterocycles. The summed E-state index contributed by atoms with van der Waals surface area (Å²) in [5.74, 6) is 0. The number of carbonyl (C=O) groups is 1. The summed E-state index contributed by atoms with van der Waals surface area (Å²) in [6.45, 7) is -0.0518. The average Bonchev–Trinajstić information content (AvgIpc) is 1.63. The number of thiocarbonyl (C=S) groups is 1. The van der Waals surface area contributed by atoms with E-state index in [1.54, 1.807) is 0 Å². The molecule has 0 aliphatic heterocycles. The van der Waals surface area contributed by atoms with Crippen LogP contribution in [0.1, 0.15) is 0 Å². The van der Waals surface area contributed by atoms with Crippen molar-refractivity contribution in [2.45, 2.75) is 0 Å². The van der Waals surface area contributed by atoms with Gasteiger partial charge in [-0.15, -0.1) is 0 Å². The van der Waals surface area contributed by atoms with Gasteiger partial charge in [0.15, 0.2) is 0 Å². The maximum absolute atomic E-state index is 9.98. The van der Waals surface area contributed by atoms with E-state index in [2.05, 4.69) is 17.0 Å². The van der Waals surface area contributed by atoms with Crippen LogP contribution in [0.5, 0.6) is 0 Å². The van der Waals surface area contributed by atoms with Gasteiger partial charge in [-0.25, -0.2) is 0 Å². The van der Waals surface area contributed by atoms with Crippen LogP contribution in [-0.4, -0.2) is 22.8 Å². The van der Waals surface area contributed by atoms with Crippen molar-refractivity contribution in [2.24, 2.45) is 0 Å². The molecule has 0 saturated heterocycles. The van der Waals surface area contributed by atoms with Crippen LogP contribution in [0, 0.1) is 0 Å². The molecule has 0 aliphatic rings. The molecule has 0 saturated carbocycles. The number of ether oxygens (including phenoxy) is 1. The fraction of sp³-hybridized carbons (Fsp3) is 0.500. The van der Waals surface area contributed by atoms with Crippen molar-refractivity contribution in [1.29, 1.82) is 0 Å². The Morgan fingerprint density at radius 3 is 2.33 bits per heavy atom. The molecule has 9 heavy (non-hydrogen) atoms. The second-order valence-electron chi connectivity index (χ2n) is 1.20. The van der Waals surface area contributed by atoms with Crippen LogP contribution in [0.15, 0.2) is 0 Å². The van der Waals surface area contributed by atoms with Gasteiger partial charge in [-0.05, 0) is 11.6 Å². The second kappa shape index (κ2) is 5.11. The van der Waals surface area contributed by atoms with Crippen molar-refractivity contribution in [3.8, 4) is 0 Å². The standard InChI is InChI=1S/C4H4Cl2O2S/c5-3(7)1-8-2-4(6)9/h1-2H2. The van der Waals surface area contributed by atoms with Gasteiger partial charge >= 0.3 is 0 Å². The highest BCUT2D eigenvalue weighted by atomic mass is 35.5. The minimum atomic E-state index is -0.553. The molecule has 5 heteroatoms. The first-order chi connectivity index (χ1) is 4.13. The van der Waals surface area contributed by atoms with Gasteiger partial charge in [-0.2, -0.15) is 0 Å². The first-order valence-electron chi connectivity index (χ1n) is 2.07. The Kier molecular flexibility index (Phi) is 5.28. The van der Waals surface area contributed by atoms with E-state index >= 15 is 0 Å². The smallest absolute Gasteiger partial charge is 0.247 e. The predicted octanol–water partition coefficient (Wildman–Crippen LogP) is 1.33. The summed E-state index contributed by atoms with van der Waals surface area (Å²) in [6, 6.07) is 0. The molecular formula is C4H4Cl2O2S. The van der Waals surface area contributed by atoms with E-state index in [4.69, 9.17) is 23.2 Å². The Bertz CT molecular complexity index is 112. The Balaban J connectivity index is 3.10. The molecule has 0 unspecified atom stereocenters. The number of hydrogen-bond acceptors (Lipinski definition) is 3. The fourth-order valence-electron chi connectivity index (χ4n) is 0.212. The topological polar surface area (TPSA) is 26.3 Å². The molecule has 0 aromatic rings. The molecule has 0 spiro atoms. The van der Waals surface area contributed by atoms with E-state index in [9.17, 15) is 4.79 Å². The van der Waals surface area contributed by atoms with Gasteiger partial charge in [-0.3, -0.25) is 4.79 Å². The molecule has 0 N–H and O–H groups in total. The molecule has 0 bridgehead atoms. The summed E-state index contributed by atoms with van der Waals surface area (Å²) < 4.78 is 4.79. The van der Waals surface area contributed by atoms with Crippen molar-refractivity contribution in [3.05, 3.63) is 0 Å². The summed E-state index contributed by atoms with van der Waals surface area (Å²) in [5, 5.41) is -0.553. The molecule has 0 atom stereocenters. The number of carbonyl (C=O) groups excluding carboxylic acids is 1. The highest BCUT2D eigenvalue weighted by Gasteiger charge is 1.95. The lowest BCUT2D eigenvalue weighted by Crippen LogP contribution is -2.05. The van der Waals surface area contributed by atoms with E-state index in [-0.39, 0.29) is 17.5 Å². The summed E-state index contributed by atoms with van der Waals surface area (Å²) in [4.78, 5) is 9.98. The summed E-state index contributed by atoms with van der Waals surface area (Å²) in [6.07, 6.45) is 0. The van der Waals surface area contributed by atoms with Crippen LogP contribution in [0.4, 0.5) is 0 Å².